The fourth-order valence-electron chi connectivity index (χ4n) is 3.83. The standard InChI is InChI=1S/C23H22BrF3N6O2/c1-35-19-9-13-6-7-33(12-23(25,26)27)11-14(13)8-18(19)31-22-29-10-15(20(28)34)21(32-22)30-17-5-3-2-4-16(17)24/h2-5,8-10H,6-7,11-12H2,1H3,(H2,28,34)(H2,29,30,31,32). The lowest BCUT2D eigenvalue weighted by Gasteiger charge is -2.30. The summed E-state index contributed by atoms with van der Waals surface area (Å²) in [6, 6.07) is 10.8. The smallest absolute Gasteiger partial charge is 0.401 e. The molecule has 0 saturated carbocycles. The van der Waals surface area contributed by atoms with Crippen LogP contribution < -0.4 is 21.1 Å². The molecule has 1 aromatic heterocycles. The number of methoxy groups -OCH3 is 1. The van der Waals surface area contributed by atoms with Crippen LogP contribution >= 0.6 is 15.9 Å². The SMILES string of the molecule is COc1cc2c(cc1Nc1ncc(C(N)=O)c(Nc3ccccc3Br)n1)CN(CC(F)(F)F)CC2. The highest BCUT2D eigenvalue weighted by Gasteiger charge is 2.32. The summed E-state index contributed by atoms with van der Waals surface area (Å²) in [5.41, 5.74) is 8.41. The second kappa shape index (κ2) is 10.1. The number of primary amides is 1. The summed E-state index contributed by atoms with van der Waals surface area (Å²) in [6.07, 6.45) is -2.49. The van der Waals surface area contributed by atoms with Crippen LogP contribution in [0.3, 0.4) is 0 Å². The van der Waals surface area contributed by atoms with Gasteiger partial charge in [0.15, 0.2) is 0 Å². The third-order valence-electron chi connectivity index (χ3n) is 5.44. The third-order valence-corrected chi connectivity index (χ3v) is 6.14. The van der Waals surface area contributed by atoms with Gasteiger partial charge in [-0.25, -0.2) is 4.98 Å². The number of amides is 1. The molecule has 1 amide bonds. The summed E-state index contributed by atoms with van der Waals surface area (Å²) >= 11 is 3.44. The molecule has 184 valence electrons. The number of hydrogen-bond donors (Lipinski definition) is 3. The second-order valence-corrected chi connectivity index (χ2v) is 8.80. The fraction of sp³-hybridized carbons (Fsp3) is 0.261. The number of ether oxygens (including phenoxy) is 1. The molecule has 0 aliphatic carbocycles. The van der Waals surface area contributed by atoms with Crippen LogP contribution in [0.5, 0.6) is 5.75 Å². The van der Waals surface area contributed by atoms with E-state index in [9.17, 15) is 18.0 Å². The molecule has 4 rings (SSSR count). The van der Waals surface area contributed by atoms with Gasteiger partial charge >= 0.3 is 6.18 Å². The Morgan fingerprint density at radius 3 is 2.66 bits per heavy atom. The quantitative estimate of drug-likeness (QED) is 0.389. The number of nitrogens with two attached hydrogens (primary N) is 1. The number of hydrogen-bond acceptors (Lipinski definition) is 7. The van der Waals surface area contributed by atoms with Gasteiger partial charge in [-0.05, 0) is 57.7 Å². The second-order valence-electron chi connectivity index (χ2n) is 7.95. The zero-order valence-electron chi connectivity index (χ0n) is 18.6. The lowest BCUT2D eigenvalue weighted by Crippen LogP contribution is -2.38. The van der Waals surface area contributed by atoms with Crippen molar-refractivity contribution in [1.82, 2.24) is 14.9 Å². The zero-order valence-corrected chi connectivity index (χ0v) is 20.2. The Balaban J connectivity index is 1.64. The van der Waals surface area contributed by atoms with Gasteiger partial charge in [0.1, 0.15) is 17.1 Å². The first-order valence-corrected chi connectivity index (χ1v) is 11.4. The Bertz CT molecular complexity index is 1250. The van der Waals surface area contributed by atoms with E-state index < -0.39 is 18.6 Å². The number of anilines is 4. The van der Waals surface area contributed by atoms with Crippen LogP contribution in [0.25, 0.3) is 0 Å². The molecule has 0 radical (unpaired) electrons. The van der Waals surface area contributed by atoms with Gasteiger partial charge < -0.3 is 21.1 Å². The molecule has 1 aliphatic rings. The molecule has 35 heavy (non-hydrogen) atoms. The van der Waals surface area contributed by atoms with Crippen LogP contribution in [-0.4, -0.2) is 47.2 Å². The molecule has 1 aliphatic heterocycles. The van der Waals surface area contributed by atoms with E-state index >= 15 is 0 Å². The maximum Gasteiger partial charge on any atom is 0.401 e. The molecule has 0 unspecified atom stereocenters. The summed E-state index contributed by atoms with van der Waals surface area (Å²) in [7, 11) is 1.50. The number of aromatic nitrogens is 2. The number of benzene rings is 2. The summed E-state index contributed by atoms with van der Waals surface area (Å²) in [5.74, 6) is 0.124. The van der Waals surface area contributed by atoms with Crippen molar-refractivity contribution >= 4 is 45.0 Å². The molecule has 4 N–H and O–H groups in total. The van der Waals surface area contributed by atoms with E-state index in [-0.39, 0.29) is 23.9 Å². The lowest BCUT2D eigenvalue weighted by atomic mass is 9.98. The van der Waals surface area contributed by atoms with Gasteiger partial charge in [-0.3, -0.25) is 9.69 Å². The highest BCUT2D eigenvalue weighted by Crippen LogP contribution is 2.34. The lowest BCUT2D eigenvalue weighted by molar-refractivity contribution is -0.147. The number of nitrogens with zero attached hydrogens (tertiary/aromatic N) is 3. The zero-order chi connectivity index (χ0) is 25.2. The van der Waals surface area contributed by atoms with Gasteiger partial charge in [-0.2, -0.15) is 18.2 Å². The molecule has 0 atom stereocenters. The maximum atomic E-state index is 12.9. The van der Waals surface area contributed by atoms with Gasteiger partial charge in [0.25, 0.3) is 5.91 Å². The molecule has 2 aromatic carbocycles. The van der Waals surface area contributed by atoms with Crippen LogP contribution in [0, 0.1) is 0 Å². The maximum absolute atomic E-state index is 12.9. The number of carbonyl (C=O) groups is 1. The Morgan fingerprint density at radius 2 is 1.97 bits per heavy atom. The number of rotatable bonds is 7. The van der Waals surface area contributed by atoms with Crippen LogP contribution in [0.2, 0.25) is 0 Å². The molecule has 0 saturated heterocycles. The summed E-state index contributed by atoms with van der Waals surface area (Å²) in [5, 5.41) is 6.12. The van der Waals surface area contributed by atoms with E-state index in [0.29, 0.717) is 30.1 Å². The molecule has 0 fully saturated rings. The first-order valence-electron chi connectivity index (χ1n) is 10.6. The van der Waals surface area contributed by atoms with Gasteiger partial charge in [-0.15, -0.1) is 0 Å². The van der Waals surface area contributed by atoms with Crippen LogP contribution in [0.1, 0.15) is 21.5 Å². The van der Waals surface area contributed by atoms with Crippen LogP contribution in [0.15, 0.2) is 47.1 Å². The van der Waals surface area contributed by atoms with Gasteiger partial charge in [0.05, 0.1) is 25.0 Å². The molecule has 12 heteroatoms. The van der Waals surface area contributed by atoms with Crippen LogP contribution in [0.4, 0.5) is 36.3 Å². The van der Waals surface area contributed by atoms with Crippen molar-refractivity contribution in [2.45, 2.75) is 19.1 Å². The average molecular weight is 551 g/mol. The Kier molecular flexibility index (Phi) is 7.13. The molecule has 3 aromatic rings. The molecular weight excluding hydrogens is 529 g/mol. The number of nitrogens with one attached hydrogen (secondary N) is 2. The third kappa shape index (κ3) is 6.01. The fourth-order valence-corrected chi connectivity index (χ4v) is 4.21. The monoisotopic (exact) mass is 550 g/mol. The van der Waals surface area contributed by atoms with E-state index in [2.05, 4.69) is 36.5 Å². The van der Waals surface area contributed by atoms with Crippen molar-refractivity contribution in [3.05, 3.63) is 63.8 Å². The minimum absolute atomic E-state index is 0.0894. The predicted molar refractivity (Wildman–Crippen MR) is 129 cm³/mol. The van der Waals surface area contributed by atoms with Crippen LogP contribution in [-0.2, 0) is 13.0 Å². The normalized spacial score (nSPS) is 13.7. The van der Waals surface area contributed by atoms with Crippen molar-refractivity contribution in [2.75, 3.05) is 30.8 Å². The van der Waals surface area contributed by atoms with E-state index in [0.717, 1.165) is 15.6 Å². The van der Waals surface area contributed by atoms with Crippen molar-refractivity contribution in [3.63, 3.8) is 0 Å². The van der Waals surface area contributed by atoms with E-state index in [4.69, 9.17) is 10.5 Å². The topological polar surface area (TPSA) is 105 Å². The van der Waals surface area contributed by atoms with E-state index in [1.54, 1.807) is 18.2 Å². The highest BCUT2D eigenvalue weighted by molar-refractivity contribution is 9.10. The largest absolute Gasteiger partial charge is 0.495 e. The summed E-state index contributed by atoms with van der Waals surface area (Å²) in [6.45, 7) is -0.503. The van der Waals surface area contributed by atoms with Crippen molar-refractivity contribution < 1.29 is 22.7 Å². The minimum atomic E-state index is -4.27. The first kappa shape index (κ1) is 24.7. The first-order chi connectivity index (χ1) is 16.6. The average Bonchev–Trinajstić information content (AvgIpc) is 2.79. The highest BCUT2D eigenvalue weighted by atomic mass is 79.9. The van der Waals surface area contributed by atoms with Gasteiger partial charge in [0.2, 0.25) is 5.95 Å². The molecule has 8 nitrogen and oxygen atoms in total. The Labute approximate surface area is 207 Å². The molecule has 0 bridgehead atoms. The Morgan fingerprint density at radius 1 is 1.20 bits per heavy atom. The number of alkyl halides is 3. The van der Waals surface area contributed by atoms with Crippen molar-refractivity contribution in [3.8, 4) is 5.75 Å². The summed E-state index contributed by atoms with van der Waals surface area (Å²) in [4.78, 5) is 21.9. The van der Waals surface area contributed by atoms with E-state index in [1.807, 2.05) is 18.2 Å². The predicted octanol–water partition coefficient (Wildman–Crippen LogP) is 4.75. The summed E-state index contributed by atoms with van der Waals surface area (Å²) < 4.78 is 44.9. The van der Waals surface area contributed by atoms with Crippen molar-refractivity contribution in [2.24, 2.45) is 5.73 Å². The van der Waals surface area contributed by atoms with Crippen molar-refractivity contribution in [1.29, 1.82) is 0 Å². The number of fused-ring (bicyclic) bond motifs is 1. The molecule has 2 heterocycles. The van der Waals surface area contributed by atoms with E-state index in [1.165, 1.54) is 18.2 Å². The molecule has 0 spiro atoms. The van der Waals surface area contributed by atoms with Gasteiger partial charge in [-0.1, -0.05) is 12.1 Å². The number of halogens is 4. The number of para-hydroxylation sites is 1. The Hall–Kier alpha value is -3.38. The molecular formula is C23H22BrF3N6O2. The number of carbonyl (C=O) groups excluding carboxylic acids is 1. The van der Waals surface area contributed by atoms with Gasteiger partial charge in [0, 0.05) is 23.8 Å². The minimum Gasteiger partial charge on any atom is -0.495 e.